The van der Waals surface area contributed by atoms with Crippen LogP contribution in [-0.4, -0.2) is 36.9 Å². The van der Waals surface area contributed by atoms with Crippen molar-refractivity contribution in [2.75, 3.05) is 6.61 Å². The Bertz CT molecular complexity index is 1480. The third-order valence-corrected chi connectivity index (χ3v) is 5.49. The summed E-state index contributed by atoms with van der Waals surface area (Å²) in [4.78, 5) is 3.67. The van der Waals surface area contributed by atoms with Gasteiger partial charge < -0.3 is 9.84 Å². The van der Waals surface area contributed by atoms with Crippen LogP contribution < -0.4 is 4.74 Å². The number of halogens is 7. The highest BCUT2D eigenvalue weighted by Gasteiger charge is 2.58. The zero-order chi connectivity index (χ0) is 28.3. The first-order valence-electron chi connectivity index (χ1n) is 10.9. The van der Waals surface area contributed by atoms with Crippen molar-refractivity contribution in [3.63, 3.8) is 0 Å². The Morgan fingerprint density at radius 1 is 0.949 bits per heavy atom. The van der Waals surface area contributed by atoms with Gasteiger partial charge in [0.25, 0.3) is 0 Å². The second-order valence-corrected chi connectivity index (χ2v) is 8.11. The molecule has 4 aromatic rings. The summed E-state index contributed by atoms with van der Waals surface area (Å²) in [5, 5.41) is 21.2. The number of alkyl halides is 5. The lowest BCUT2D eigenvalue weighted by Gasteiger charge is -2.35. The Morgan fingerprint density at radius 2 is 1.69 bits per heavy atom. The molecule has 202 valence electrons. The number of rotatable bonds is 7. The van der Waals surface area contributed by atoms with Gasteiger partial charge in [-0.2, -0.15) is 22.0 Å². The van der Waals surface area contributed by atoms with E-state index in [9.17, 15) is 27.1 Å². The van der Waals surface area contributed by atoms with E-state index >= 15 is 8.78 Å². The molecule has 0 saturated carbocycles. The SMILES string of the molecule is OC(Cn1cnnn1)(c1ccc(F)cc1F)C(F)(F)c1ccc(C#CCOc2ccc(C(F)(F)F)cc2)cn1. The minimum Gasteiger partial charge on any atom is -0.481 e. The molecule has 1 N–H and O–H groups in total. The van der Waals surface area contributed by atoms with Gasteiger partial charge in [0.1, 0.15) is 36.0 Å². The lowest BCUT2D eigenvalue weighted by molar-refractivity contribution is -0.207. The Morgan fingerprint density at radius 3 is 2.28 bits per heavy atom. The summed E-state index contributed by atoms with van der Waals surface area (Å²) in [5.41, 5.74) is -5.81. The van der Waals surface area contributed by atoms with Gasteiger partial charge in [-0.25, -0.2) is 13.5 Å². The molecule has 0 amide bonds. The molecule has 0 spiro atoms. The predicted molar refractivity (Wildman–Crippen MR) is 120 cm³/mol. The molecule has 14 heteroatoms. The van der Waals surface area contributed by atoms with Gasteiger partial charge in [-0.3, -0.25) is 4.98 Å². The van der Waals surface area contributed by atoms with Crippen LogP contribution >= 0.6 is 0 Å². The van der Waals surface area contributed by atoms with E-state index in [1.165, 1.54) is 6.07 Å². The summed E-state index contributed by atoms with van der Waals surface area (Å²) in [7, 11) is 0. The molecule has 39 heavy (non-hydrogen) atoms. The van der Waals surface area contributed by atoms with Gasteiger partial charge in [0.15, 0.2) is 5.60 Å². The van der Waals surface area contributed by atoms with Crippen molar-refractivity contribution >= 4 is 0 Å². The fourth-order valence-corrected chi connectivity index (χ4v) is 3.53. The van der Waals surface area contributed by atoms with Crippen molar-refractivity contribution in [2.24, 2.45) is 0 Å². The molecule has 2 heterocycles. The lowest BCUT2D eigenvalue weighted by atomic mass is 9.84. The Balaban J connectivity index is 1.52. The summed E-state index contributed by atoms with van der Waals surface area (Å²) >= 11 is 0. The van der Waals surface area contributed by atoms with Gasteiger partial charge in [-0.05, 0) is 59.0 Å². The number of tetrazole rings is 1. The molecule has 0 aliphatic rings. The second-order valence-electron chi connectivity index (χ2n) is 8.11. The van der Waals surface area contributed by atoms with E-state index < -0.39 is 52.7 Å². The van der Waals surface area contributed by atoms with Crippen molar-refractivity contribution < 1.29 is 40.6 Å². The van der Waals surface area contributed by atoms with Crippen molar-refractivity contribution in [2.45, 2.75) is 24.2 Å². The van der Waals surface area contributed by atoms with Crippen molar-refractivity contribution in [3.8, 4) is 17.6 Å². The van der Waals surface area contributed by atoms with Crippen LogP contribution in [0.4, 0.5) is 30.7 Å². The Kier molecular flexibility index (Phi) is 7.55. The molecule has 0 aliphatic heterocycles. The number of ether oxygens (including phenoxy) is 1. The zero-order valence-corrected chi connectivity index (χ0v) is 19.5. The number of aliphatic hydroxyl groups is 1. The molecule has 0 radical (unpaired) electrons. The summed E-state index contributed by atoms with van der Waals surface area (Å²) < 4.78 is 103. The highest BCUT2D eigenvalue weighted by Crippen LogP contribution is 2.46. The van der Waals surface area contributed by atoms with E-state index in [-0.39, 0.29) is 17.9 Å². The average molecular weight is 551 g/mol. The van der Waals surface area contributed by atoms with Crippen LogP contribution in [0.1, 0.15) is 22.4 Å². The van der Waals surface area contributed by atoms with E-state index in [0.717, 1.165) is 53.6 Å². The van der Waals surface area contributed by atoms with Gasteiger partial charge in [-0.15, -0.1) is 5.10 Å². The monoisotopic (exact) mass is 551 g/mol. The number of nitrogens with zero attached hydrogens (tertiary/aromatic N) is 5. The van der Waals surface area contributed by atoms with Crippen molar-refractivity contribution in [1.82, 2.24) is 25.2 Å². The van der Waals surface area contributed by atoms with E-state index in [4.69, 9.17) is 4.74 Å². The minimum absolute atomic E-state index is 0.139. The normalized spacial score (nSPS) is 13.3. The highest BCUT2D eigenvalue weighted by atomic mass is 19.4. The maximum Gasteiger partial charge on any atom is 0.416 e. The van der Waals surface area contributed by atoms with Crippen LogP contribution in [0.2, 0.25) is 0 Å². The summed E-state index contributed by atoms with van der Waals surface area (Å²) in [6.45, 7) is -1.22. The molecule has 1 atom stereocenters. The van der Waals surface area contributed by atoms with Crippen LogP contribution in [-0.2, 0) is 24.2 Å². The molecule has 2 aromatic carbocycles. The first-order valence-corrected chi connectivity index (χ1v) is 10.9. The quantitative estimate of drug-likeness (QED) is 0.270. The number of pyridine rings is 1. The van der Waals surface area contributed by atoms with Crippen molar-refractivity contribution in [1.29, 1.82) is 0 Å². The van der Waals surface area contributed by atoms with Gasteiger partial charge in [0.2, 0.25) is 0 Å². The van der Waals surface area contributed by atoms with E-state index in [0.29, 0.717) is 12.1 Å². The third-order valence-electron chi connectivity index (χ3n) is 5.49. The topological polar surface area (TPSA) is 86.0 Å². The molecule has 7 nitrogen and oxygen atoms in total. The van der Waals surface area contributed by atoms with E-state index in [1.54, 1.807) is 0 Å². The summed E-state index contributed by atoms with van der Waals surface area (Å²) in [6, 6.07) is 7.76. The molecular formula is C25H16F7N5O2. The number of hydrogen-bond acceptors (Lipinski definition) is 6. The highest BCUT2D eigenvalue weighted by molar-refractivity contribution is 5.36. The van der Waals surface area contributed by atoms with Gasteiger partial charge in [-0.1, -0.05) is 11.8 Å². The first-order chi connectivity index (χ1) is 18.4. The van der Waals surface area contributed by atoms with Crippen LogP contribution in [0.5, 0.6) is 5.75 Å². The predicted octanol–water partition coefficient (Wildman–Crippen LogP) is 4.48. The maximum atomic E-state index is 15.7. The minimum atomic E-state index is -4.48. The van der Waals surface area contributed by atoms with Gasteiger partial charge in [0.05, 0.1) is 12.1 Å². The van der Waals surface area contributed by atoms with Crippen LogP contribution in [0.25, 0.3) is 0 Å². The number of benzene rings is 2. The molecule has 0 bridgehead atoms. The summed E-state index contributed by atoms with van der Waals surface area (Å²) in [6.07, 6.45) is -2.57. The van der Waals surface area contributed by atoms with Crippen molar-refractivity contribution in [3.05, 3.63) is 101 Å². The molecule has 1 unspecified atom stereocenters. The van der Waals surface area contributed by atoms with Crippen LogP contribution in [0.15, 0.2) is 67.1 Å². The summed E-state index contributed by atoms with van der Waals surface area (Å²) in [5.74, 6) is -1.37. The standard InChI is InChI=1S/C25H16F7N5O2/c26-18-6-9-20(21(27)12-18)23(38,14-37-15-34-35-36-37)24(28,29)22-10-3-16(13-33-22)2-1-11-39-19-7-4-17(5-8-19)25(30,31)32/h3-10,12-13,15,38H,11,14H2. The molecule has 2 aromatic heterocycles. The third kappa shape index (κ3) is 5.99. The molecular weight excluding hydrogens is 535 g/mol. The number of aromatic nitrogens is 5. The van der Waals surface area contributed by atoms with Crippen LogP contribution in [0.3, 0.4) is 0 Å². The maximum absolute atomic E-state index is 15.7. The fraction of sp³-hybridized carbons (Fsp3) is 0.200. The fourth-order valence-electron chi connectivity index (χ4n) is 3.53. The molecule has 4 rings (SSSR count). The molecule has 0 fully saturated rings. The molecule has 0 saturated heterocycles. The van der Waals surface area contributed by atoms with E-state index in [1.807, 2.05) is 0 Å². The van der Waals surface area contributed by atoms with Gasteiger partial charge in [0, 0.05) is 23.4 Å². The van der Waals surface area contributed by atoms with Gasteiger partial charge >= 0.3 is 12.1 Å². The lowest BCUT2D eigenvalue weighted by Crippen LogP contribution is -2.48. The number of hydrogen-bond donors (Lipinski definition) is 1. The average Bonchev–Trinajstić information content (AvgIpc) is 3.39. The zero-order valence-electron chi connectivity index (χ0n) is 19.5. The Hall–Kier alpha value is -4.51. The smallest absolute Gasteiger partial charge is 0.416 e. The first kappa shape index (κ1) is 27.5. The largest absolute Gasteiger partial charge is 0.481 e. The van der Waals surface area contributed by atoms with E-state index in [2.05, 4.69) is 32.4 Å². The molecule has 0 aliphatic carbocycles. The Labute approximate surface area is 215 Å². The van der Waals surface area contributed by atoms with Crippen LogP contribution in [0, 0.1) is 23.5 Å². The second kappa shape index (κ2) is 10.7.